The molecule has 2 N–H and O–H groups in total. The lowest BCUT2D eigenvalue weighted by molar-refractivity contribution is 0.0937. The second-order valence-corrected chi connectivity index (χ2v) is 6.48. The fourth-order valence-electron chi connectivity index (χ4n) is 2.75. The SMILES string of the molecule is CSc1ccc(Cl)c(C(=O)NCC2CCCC2CO)c1. The highest BCUT2D eigenvalue weighted by Gasteiger charge is 2.27. The Hall–Kier alpha value is -0.710. The van der Waals surface area contributed by atoms with Gasteiger partial charge in [-0.15, -0.1) is 11.8 Å². The molecule has 0 heterocycles. The minimum Gasteiger partial charge on any atom is -0.396 e. The van der Waals surface area contributed by atoms with Crippen molar-refractivity contribution in [1.82, 2.24) is 5.32 Å². The molecule has 0 spiro atoms. The minimum atomic E-state index is -0.130. The second kappa shape index (κ2) is 7.34. The van der Waals surface area contributed by atoms with Crippen LogP contribution in [0.1, 0.15) is 29.6 Å². The van der Waals surface area contributed by atoms with E-state index >= 15 is 0 Å². The third-order valence-corrected chi connectivity index (χ3v) is 5.05. The van der Waals surface area contributed by atoms with Crippen molar-refractivity contribution in [2.45, 2.75) is 24.2 Å². The molecule has 1 amide bonds. The maximum Gasteiger partial charge on any atom is 0.252 e. The quantitative estimate of drug-likeness (QED) is 0.821. The monoisotopic (exact) mass is 313 g/mol. The average molecular weight is 314 g/mol. The molecule has 1 fully saturated rings. The summed E-state index contributed by atoms with van der Waals surface area (Å²) >= 11 is 7.67. The zero-order valence-electron chi connectivity index (χ0n) is 11.6. The number of carbonyl (C=O) groups is 1. The van der Waals surface area contributed by atoms with Gasteiger partial charge in [0.2, 0.25) is 0 Å². The van der Waals surface area contributed by atoms with Gasteiger partial charge in [-0.1, -0.05) is 18.0 Å². The summed E-state index contributed by atoms with van der Waals surface area (Å²) in [5.41, 5.74) is 0.525. The van der Waals surface area contributed by atoms with Crippen molar-refractivity contribution in [3.05, 3.63) is 28.8 Å². The Balaban J connectivity index is 1.98. The van der Waals surface area contributed by atoms with E-state index in [2.05, 4.69) is 5.32 Å². The summed E-state index contributed by atoms with van der Waals surface area (Å²) in [5, 5.41) is 12.7. The number of hydrogen-bond donors (Lipinski definition) is 2. The van der Waals surface area contributed by atoms with Gasteiger partial charge in [0, 0.05) is 18.0 Å². The highest BCUT2D eigenvalue weighted by molar-refractivity contribution is 7.98. The number of halogens is 1. The van der Waals surface area contributed by atoms with Crippen LogP contribution in [0.4, 0.5) is 0 Å². The number of amides is 1. The molecule has 2 atom stereocenters. The molecule has 1 aliphatic carbocycles. The Morgan fingerprint density at radius 3 is 2.90 bits per heavy atom. The van der Waals surface area contributed by atoms with Crippen molar-refractivity contribution < 1.29 is 9.90 Å². The Bertz CT molecular complexity index is 481. The summed E-state index contributed by atoms with van der Waals surface area (Å²) in [6.45, 7) is 0.827. The van der Waals surface area contributed by atoms with Crippen LogP contribution in [0, 0.1) is 11.8 Å². The van der Waals surface area contributed by atoms with Crippen LogP contribution in [0.3, 0.4) is 0 Å². The van der Waals surface area contributed by atoms with Crippen LogP contribution in [-0.4, -0.2) is 30.4 Å². The summed E-state index contributed by atoms with van der Waals surface area (Å²) in [6, 6.07) is 5.48. The normalized spacial score (nSPS) is 21.9. The van der Waals surface area contributed by atoms with Gasteiger partial charge in [-0.05, 0) is 49.1 Å². The first kappa shape index (κ1) is 15.7. The minimum absolute atomic E-state index is 0.130. The van der Waals surface area contributed by atoms with Crippen LogP contribution in [-0.2, 0) is 0 Å². The Morgan fingerprint density at radius 2 is 2.20 bits per heavy atom. The topological polar surface area (TPSA) is 49.3 Å². The molecule has 2 unspecified atom stereocenters. The number of benzene rings is 1. The zero-order chi connectivity index (χ0) is 14.5. The molecule has 20 heavy (non-hydrogen) atoms. The van der Waals surface area contributed by atoms with E-state index < -0.39 is 0 Å². The van der Waals surface area contributed by atoms with Gasteiger partial charge < -0.3 is 10.4 Å². The zero-order valence-corrected chi connectivity index (χ0v) is 13.1. The van der Waals surface area contributed by atoms with Crippen molar-refractivity contribution in [3.8, 4) is 0 Å². The van der Waals surface area contributed by atoms with Gasteiger partial charge in [-0.2, -0.15) is 0 Å². The summed E-state index contributed by atoms with van der Waals surface area (Å²) < 4.78 is 0. The molecule has 1 aromatic carbocycles. The predicted octanol–water partition coefficient (Wildman–Crippen LogP) is 3.20. The molecule has 0 bridgehead atoms. The van der Waals surface area contributed by atoms with Gasteiger partial charge in [0.05, 0.1) is 10.6 Å². The van der Waals surface area contributed by atoms with E-state index in [0.29, 0.717) is 29.0 Å². The average Bonchev–Trinajstić information content (AvgIpc) is 2.92. The third-order valence-electron chi connectivity index (χ3n) is 3.99. The Kier molecular flexibility index (Phi) is 5.75. The fourth-order valence-corrected chi connectivity index (χ4v) is 3.39. The standard InChI is InChI=1S/C15H20ClNO2S/c1-20-12-5-6-14(16)13(7-12)15(19)17-8-10-3-2-4-11(10)9-18/h5-7,10-11,18H,2-4,8-9H2,1H3,(H,17,19). The van der Waals surface area contributed by atoms with Crippen molar-refractivity contribution >= 4 is 29.3 Å². The van der Waals surface area contributed by atoms with Gasteiger partial charge in [-0.3, -0.25) is 4.79 Å². The maximum absolute atomic E-state index is 12.2. The van der Waals surface area contributed by atoms with Gasteiger partial charge in [0.1, 0.15) is 0 Å². The summed E-state index contributed by atoms with van der Waals surface area (Å²) in [4.78, 5) is 13.2. The maximum atomic E-state index is 12.2. The molecule has 0 radical (unpaired) electrons. The molecule has 3 nitrogen and oxygen atoms in total. The van der Waals surface area contributed by atoms with Crippen molar-refractivity contribution in [3.63, 3.8) is 0 Å². The van der Waals surface area contributed by atoms with E-state index in [4.69, 9.17) is 11.6 Å². The van der Waals surface area contributed by atoms with Crippen molar-refractivity contribution in [2.75, 3.05) is 19.4 Å². The lowest BCUT2D eigenvalue weighted by Crippen LogP contribution is -2.31. The molecule has 110 valence electrons. The van der Waals surface area contributed by atoms with Gasteiger partial charge in [-0.25, -0.2) is 0 Å². The van der Waals surface area contributed by atoms with Gasteiger partial charge in [0.15, 0.2) is 0 Å². The molecular formula is C15H20ClNO2S. The smallest absolute Gasteiger partial charge is 0.252 e. The van der Waals surface area contributed by atoms with Crippen LogP contribution in [0.25, 0.3) is 0 Å². The second-order valence-electron chi connectivity index (χ2n) is 5.19. The van der Waals surface area contributed by atoms with Crippen LogP contribution in [0.2, 0.25) is 5.02 Å². The van der Waals surface area contributed by atoms with Crippen LogP contribution in [0.5, 0.6) is 0 Å². The van der Waals surface area contributed by atoms with Crippen molar-refractivity contribution in [2.24, 2.45) is 11.8 Å². The van der Waals surface area contributed by atoms with E-state index in [-0.39, 0.29) is 12.5 Å². The fraction of sp³-hybridized carbons (Fsp3) is 0.533. The van der Waals surface area contributed by atoms with Crippen LogP contribution < -0.4 is 5.32 Å². The first-order valence-electron chi connectivity index (χ1n) is 6.88. The third kappa shape index (κ3) is 3.68. The molecule has 0 saturated heterocycles. The molecule has 1 aromatic rings. The first-order chi connectivity index (χ1) is 9.65. The number of thioether (sulfide) groups is 1. The number of hydrogen-bond acceptors (Lipinski definition) is 3. The number of aliphatic hydroxyl groups is 1. The van der Waals surface area contributed by atoms with E-state index in [9.17, 15) is 9.90 Å². The molecule has 1 saturated carbocycles. The molecule has 0 aliphatic heterocycles. The van der Waals surface area contributed by atoms with E-state index in [1.807, 2.05) is 18.4 Å². The molecule has 0 aromatic heterocycles. The van der Waals surface area contributed by atoms with E-state index in [1.165, 1.54) is 0 Å². The number of nitrogens with one attached hydrogen (secondary N) is 1. The highest BCUT2D eigenvalue weighted by Crippen LogP contribution is 2.31. The van der Waals surface area contributed by atoms with Gasteiger partial charge >= 0.3 is 0 Å². The predicted molar refractivity (Wildman–Crippen MR) is 83.5 cm³/mol. The number of rotatable bonds is 5. The molecule has 2 rings (SSSR count). The molecule has 1 aliphatic rings. The molecular weight excluding hydrogens is 294 g/mol. The lowest BCUT2D eigenvalue weighted by Gasteiger charge is -2.18. The number of carbonyl (C=O) groups excluding carboxylic acids is 1. The van der Waals surface area contributed by atoms with Crippen LogP contribution >= 0.6 is 23.4 Å². The first-order valence-corrected chi connectivity index (χ1v) is 8.48. The van der Waals surface area contributed by atoms with Gasteiger partial charge in [0.25, 0.3) is 5.91 Å². The number of aliphatic hydroxyl groups excluding tert-OH is 1. The largest absolute Gasteiger partial charge is 0.396 e. The van der Waals surface area contributed by atoms with Crippen LogP contribution in [0.15, 0.2) is 23.1 Å². The summed E-state index contributed by atoms with van der Waals surface area (Å²) in [7, 11) is 0. The lowest BCUT2D eigenvalue weighted by atomic mass is 9.97. The van der Waals surface area contributed by atoms with E-state index in [0.717, 1.165) is 24.2 Å². The Labute approximate surface area is 129 Å². The van der Waals surface area contributed by atoms with Crippen molar-refractivity contribution in [1.29, 1.82) is 0 Å². The summed E-state index contributed by atoms with van der Waals surface area (Å²) in [6.07, 6.45) is 5.23. The Morgan fingerprint density at radius 1 is 1.45 bits per heavy atom. The molecule has 5 heteroatoms. The highest BCUT2D eigenvalue weighted by atomic mass is 35.5. The van der Waals surface area contributed by atoms with E-state index in [1.54, 1.807) is 17.8 Å². The summed E-state index contributed by atoms with van der Waals surface area (Å²) in [5.74, 6) is 0.573.